The van der Waals surface area contributed by atoms with Gasteiger partial charge in [-0.1, -0.05) is 0 Å². The Bertz CT molecular complexity index is 292. The molecule has 0 radical (unpaired) electrons. The Kier molecular flexibility index (Phi) is 2.00. The molecule has 2 amide bonds. The van der Waals surface area contributed by atoms with Gasteiger partial charge in [0.05, 0.1) is 0 Å². The third-order valence-electron chi connectivity index (χ3n) is 2.74. The van der Waals surface area contributed by atoms with Crippen LogP contribution in [0.15, 0.2) is 0 Å². The van der Waals surface area contributed by atoms with Gasteiger partial charge >= 0.3 is 6.03 Å². The minimum absolute atomic E-state index is 0.00847. The first kappa shape index (κ1) is 9.47. The van der Waals surface area contributed by atoms with Crippen LogP contribution in [0.3, 0.4) is 0 Å². The third kappa shape index (κ3) is 1.05. The lowest BCUT2D eigenvalue weighted by molar-refractivity contribution is 0.121. The van der Waals surface area contributed by atoms with Crippen molar-refractivity contribution < 1.29 is 4.79 Å². The number of nitrogens with zero attached hydrogens (tertiary/aromatic N) is 3. The van der Waals surface area contributed by atoms with Crippen molar-refractivity contribution in [1.29, 1.82) is 0 Å². The molecule has 0 unspecified atom stereocenters. The molecule has 0 bridgehead atoms. The topological polar surface area (TPSA) is 50.9 Å². The maximum atomic E-state index is 11.6. The van der Waals surface area contributed by atoms with E-state index in [0.29, 0.717) is 5.11 Å². The zero-order chi connectivity index (χ0) is 10.5. The monoisotopic (exact) mass is 215 g/mol. The Morgan fingerprint density at radius 2 is 1.86 bits per heavy atom. The van der Waals surface area contributed by atoms with Crippen molar-refractivity contribution in [1.82, 2.24) is 25.6 Å². The first-order chi connectivity index (χ1) is 6.54. The van der Waals surface area contributed by atoms with Gasteiger partial charge in [-0.2, -0.15) is 0 Å². The zero-order valence-corrected chi connectivity index (χ0v) is 9.13. The third-order valence-corrected chi connectivity index (χ3v) is 3.13. The molecule has 0 spiro atoms. The summed E-state index contributed by atoms with van der Waals surface area (Å²) in [5.41, 5.74) is 5.86. The number of amides is 2. The summed E-state index contributed by atoms with van der Waals surface area (Å²) in [6, 6.07) is -0.00847. The molecule has 6 nitrogen and oxygen atoms in total. The number of nitrogens with one attached hydrogen (secondary N) is 2. The van der Waals surface area contributed by atoms with Crippen molar-refractivity contribution in [3.63, 3.8) is 0 Å². The highest BCUT2D eigenvalue weighted by Gasteiger charge is 2.47. The van der Waals surface area contributed by atoms with Crippen molar-refractivity contribution >= 4 is 23.4 Å². The quantitative estimate of drug-likeness (QED) is 0.506. The van der Waals surface area contributed by atoms with Gasteiger partial charge < -0.3 is 14.7 Å². The first-order valence-electron chi connectivity index (χ1n) is 4.32. The van der Waals surface area contributed by atoms with Crippen molar-refractivity contribution in [3.05, 3.63) is 0 Å². The summed E-state index contributed by atoms with van der Waals surface area (Å²) < 4.78 is 0. The van der Waals surface area contributed by atoms with Crippen LogP contribution in [0.1, 0.15) is 0 Å². The number of hydrogen-bond acceptors (Lipinski definition) is 3. The second-order valence-electron chi connectivity index (χ2n) is 3.55. The van der Waals surface area contributed by atoms with E-state index in [1.54, 1.807) is 23.9 Å². The zero-order valence-electron chi connectivity index (χ0n) is 8.31. The minimum atomic E-state index is -0.0656. The lowest BCUT2D eigenvalue weighted by atomic mass is 10.3. The number of thiocarbonyl (C=S) groups is 1. The summed E-state index contributed by atoms with van der Waals surface area (Å²) in [6.07, 6.45) is -0.106. The largest absolute Gasteiger partial charge is 0.327 e. The summed E-state index contributed by atoms with van der Waals surface area (Å²) in [5, 5.41) is 0.598. The fourth-order valence-electron chi connectivity index (χ4n) is 1.88. The fourth-order valence-corrected chi connectivity index (χ4v) is 2.05. The van der Waals surface area contributed by atoms with Gasteiger partial charge in [0.15, 0.2) is 5.11 Å². The maximum Gasteiger partial charge on any atom is 0.322 e. The van der Waals surface area contributed by atoms with E-state index in [0.717, 1.165) is 0 Å². The van der Waals surface area contributed by atoms with E-state index in [4.69, 9.17) is 12.2 Å². The summed E-state index contributed by atoms with van der Waals surface area (Å²) >= 11 is 5.08. The molecular formula is C7H13N5OS. The molecule has 2 saturated heterocycles. The van der Waals surface area contributed by atoms with Gasteiger partial charge in [0, 0.05) is 21.1 Å². The molecule has 0 aliphatic carbocycles. The molecule has 2 aliphatic rings. The molecular weight excluding hydrogens is 202 g/mol. The van der Waals surface area contributed by atoms with Crippen LogP contribution in [-0.2, 0) is 0 Å². The van der Waals surface area contributed by atoms with E-state index in [-0.39, 0.29) is 18.4 Å². The van der Waals surface area contributed by atoms with Gasteiger partial charge in [-0.3, -0.25) is 5.43 Å². The van der Waals surface area contributed by atoms with Crippen LogP contribution in [0.2, 0.25) is 0 Å². The standard InChI is InChI=1S/C7H13N5OS/c1-10-4-5(12(3)7(10)13)11(2)6(14)9-8-4/h4-5,8H,1-3H3,(H,9,14)/t4-,5-/m0/s1. The Morgan fingerprint density at radius 3 is 2.50 bits per heavy atom. The number of carbonyl (C=O) groups excluding carboxylic acids is 1. The van der Waals surface area contributed by atoms with Crippen LogP contribution in [0.25, 0.3) is 0 Å². The Hall–Kier alpha value is -1.08. The second-order valence-corrected chi connectivity index (χ2v) is 3.93. The molecule has 78 valence electrons. The number of likely N-dealkylation sites (N-methyl/N-ethyl adjacent to an activating group) is 3. The van der Waals surface area contributed by atoms with Gasteiger partial charge in [-0.15, -0.1) is 0 Å². The molecule has 2 aliphatic heterocycles. The number of rotatable bonds is 0. The van der Waals surface area contributed by atoms with Gasteiger partial charge in [0.25, 0.3) is 0 Å². The highest BCUT2D eigenvalue weighted by Crippen LogP contribution is 2.21. The number of carbonyl (C=O) groups is 1. The molecule has 2 N–H and O–H groups in total. The van der Waals surface area contributed by atoms with E-state index in [9.17, 15) is 4.79 Å². The van der Waals surface area contributed by atoms with Gasteiger partial charge in [0.1, 0.15) is 12.3 Å². The molecule has 2 fully saturated rings. The molecule has 2 rings (SSSR count). The highest BCUT2D eigenvalue weighted by molar-refractivity contribution is 7.80. The fraction of sp³-hybridized carbons (Fsp3) is 0.714. The van der Waals surface area contributed by atoms with Crippen molar-refractivity contribution in [3.8, 4) is 0 Å². The molecule has 2 atom stereocenters. The molecule has 0 aromatic carbocycles. The lowest BCUT2D eigenvalue weighted by Gasteiger charge is -2.40. The lowest BCUT2D eigenvalue weighted by Crippen LogP contribution is -2.67. The molecule has 0 aromatic rings. The van der Waals surface area contributed by atoms with Crippen LogP contribution in [0.4, 0.5) is 4.79 Å². The number of hydrazine groups is 1. The van der Waals surface area contributed by atoms with E-state index < -0.39 is 0 Å². The summed E-state index contributed by atoms with van der Waals surface area (Å²) in [6.45, 7) is 0. The van der Waals surface area contributed by atoms with E-state index in [1.807, 2.05) is 11.9 Å². The van der Waals surface area contributed by atoms with Crippen LogP contribution >= 0.6 is 12.2 Å². The van der Waals surface area contributed by atoms with Gasteiger partial charge in [-0.05, 0) is 12.2 Å². The SMILES string of the molecule is CN1C(=O)N(C)[C@@H]2NNC(=S)N(C)[C@H]21. The smallest absolute Gasteiger partial charge is 0.322 e. The second kappa shape index (κ2) is 2.96. The minimum Gasteiger partial charge on any atom is -0.327 e. The van der Waals surface area contributed by atoms with E-state index in [2.05, 4.69) is 10.9 Å². The molecule has 2 heterocycles. The van der Waals surface area contributed by atoms with E-state index >= 15 is 0 Å². The van der Waals surface area contributed by atoms with Crippen LogP contribution in [0.5, 0.6) is 0 Å². The van der Waals surface area contributed by atoms with Gasteiger partial charge in [0.2, 0.25) is 0 Å². The van der Waals surface area contributed by atoms with Crippen LogP contribution < -0.4 is 10.9 Å². The maximum absolute atomic E-state index is 11.6. The van der Waals surface area contributed by atoms with Crippen molar-refractivity contribution in [2.45, 2.75) is 12.3 Å². The summed E-state index contributed by atoms with van der Waals surface area (Å²) in [5.74, 6) is 0. The average molecular weight is 215 g/mol. The van der Waals surface area contributed by atoms with E-state index in [1.165, 1.54) is 0 Å². The van der Waals surface area contributed by atoms with Crippen molar-refractivity contribution in [2.75, 3.05) is 21.1 Å². The molecule has 14 heavy (non-hydrogen) atoms. The molecule has 0 aromatic heterocycles. The van der Waals surface area contributed by atoms with Crippen LogP contribution in [0, 0.1) is 0 Å². The van der Waals surface area contributed by atoms with Crippen LogP contribution in [-0.4, -0.2) is 59.3 Å². The normalized spacial score (nSPS) is 32.1. The summed E-state index contributed by atoms with van der Waals surface area (Å²) in [7, 11) is 5.41. The van der Waals surface area contributed by atoms with Crippen molar-refractivity contribution in [2.24, 2.45) is 0 Å². The first-order valence-corrected chi connectivity index (χ1v) is 4.73. The Labute approximate surface area is 87.8 Å². The Morgan fingerprint density at radius 1 is 1.21 bits per heavy atom. The Balaban J connectivity index is 2.29. The highest BCUT2D eigenvalue weighted by atomic mass is 32.1. The number of fused-ring (bicyclic) bond motifs is 1. The predicted molar refractivity (Wildman–Crippen MR) is 55.1 cm³/mol. The number of hydrogen-bond donors (Lipinski definition) is 2. The molecule has 7 heteroatoms. The summed E-state index contributed by atoms with van der Waals surface area (Å²) in [4.78, 5) is 16.8. The molecule has 0 saturated carbocycles. The van der Waals surface area contributed by atoms with Gasteiger partial charge in [-0.25, -0.2) is 10.2 Å². The average Bonchev–Trinajstić information content (AvgIpc) is 2.38. The predicted octanol–water partition coefficient (Wildman–Crippen LogP) is -1.04. The number of urea groups is 1.